The van der Waals surface area contributed by atoms with Gasteiger partial charge in [-0.05, 0) is 31.5 Å². The van der Waals surface area contributed by atoms with Gasteiger partial charge in [-0.25, -0.2) is 8.42 Å². The molecule has 1 aliphatic heterocycles. The minimum absolute atomic E-state index is 0.0464. The van der Waals surface area contributed by atoms with E-state index < -0.39 is 32.9 Å². The molecular weight excluding hydrogens is 331 g/mol. The van der Waals surface area contributed by atoms with E-state index in [0.29, 0.717) is 5.56 Å². The smallest absolute Gasteiger partial charge is 0.337 e. The molecule has 4 nitrogen and oxygen atoms in total. The third kappa shape index (κ3) is 3.85. The fraction of sp³-hybridized carbons (Fsp3) is 0.533. The molecule has 1 saturated heterocycles. The third-order valence-electron chi connectivity index (χ3n) is 4.31. The fourth-order valence-electron chi connectivity index (χ4n) is 2.61. The van der Waals surface area contributed by atoms with Gasteiger partial charge in [-0.1, -0.05) is 12.1 Å². The first-order chi connectivity index (χ1) is 10.5. The van der Waals surface area contributed by atoms with Gasteiger partial charge in [0, 0.05) is 12.6 Å². The van der Waals surface area contributed by atoms with Crippen LogP contribution >= 0.6 is 0 Å². The van der Waals surface area contributed by atoms with Crippen molar-refractivity contribution in [3.05, 3.63) is 35.4 Å². The van der Waals surface area contributed by atoms with Gasteiger partial charge >= 0.3 is 6.18 Å². The molecule has 0 saturated carbocycles. The molecule has 2 atom stereocenters. The number of amides is 1. The molecule has 0 unspecified atom stereocenters. The molecule has 23 heavy (non-hydrogen) atoms. The fourth-order valence-corrected chi connectivity index (χ4v) is 4.18. The quantitative estimate of drug-likeness (QED) is 0.823. The number of sulfone groups is 1. The van der Waals surface area contributed by atoms with Crippen LogP contribution in [0.2, 0.25) is 0 Å². The summed E-state index contributed by atoms with van der Waals surface area (Å²) in [4.78, 5) is 13.8. The molecule has 1 heterocycles. The van der Waals surface area contributed by atoms with Crippen LogP contribution in [0, 0.1) is 0 Å². The van der Waals surface area contributed by atoms with E-state index in [-0.39, 0.29) is 24.6 Å². The first kappa shape index (κ1) is 17.8. The number of benzene rings is 1. The van der Waals surface area contributed by atoms with E-state index in [1.54, 1.807) is 13.8 Å². The molecule has 8 heteroatoms. The summed E-state index contributed by atoms with van der Waals surface area (Å²) in [7, 11) is -3.19. The van der Waals surface area contributed by atoms with Crippen LogP contribution in [-0.4, -0.2) is 42.8 Å². The largest absolute Gasteiger partial charge is 0.416 e. The summed E-state index contributed by atoms with van der Waals surface area (Å²) in [5, 5.41) is -0.646. The van der Waals surface area contributed by atoms with Gasteiger partial charge < -0.3 is 4.90 Å². The van der Waals surface area contributed by atoms with Gasteiger partial charge in [-0.2, -0.15) is 13.2 Å². The number of carbonyl (C=O) groups is 1. The van der Waals surface area contributed by atoms with Crippen molar-refractivity contribution in [3.8, 4) is 0 Å². The molecule has 1 amide bonds. The Morgan fingerprint density at radius 3 is 2.30 bits per heavy atom. The van der Waals surface area contributed by atoms with Crippen LogP contribution in [0.4, 0.5) is 13.2 Å². The maximum atomic E-state index is 12.5. The number of alkyl halides is 3. The van der Waals surface area contributed by atoms with Crippen LogP contribution in [0.5, 0.6) is 0 Å². The predicted molar refractivity (Wildman–Crippen MR) is 79.6 cm³/mol. The molecule has 0 aliphatic carbocycles. The normalized spacial score (nSPS) is 24.5. The number of carbonyl (C=O) groups excluding carboxylic acids is 1. The van der Waals surface area contributed by atoms with Gasteiger partial charge in [0.25, 0.3) is 0 Å². The molecule has 0 radical (unpaired) electrons. The Bertz CT molecular complexity index is 683. The lowest BCUT2D eigenvalue weighted by molar-refractivity contribution is -0.137. The van der Waals surface area contributed by atoms with E-state index in [0.717, 1.165) is 12.1 Å². The molecule has 1 aromatic carbocycles. The summed E-state index contributed by atoms with van der Waals surface area (Å²) >= 11 is 0. The second kappa shape index (κ2) is 6.14. The Morgan fingerprint density at radius 2 is 1.78 bits per heavy atom. The molecule has 1 aliphatic rings. The highest BCUT2D eigenvalue weighted by atomic mass is 32.2. The number of nitrogens with zero attached hydrogens (tertiary/aromatic N) is 1. The van der Waals surface area contributed by atoms with Crippen molar-refractivity contribution >= 4 is 15.7 Å². The molecule has 2 rings (SSSR count). The molecular formula is C15H18F3NO3S. The van der Waals surface area contributed by atoms with Gasteiger partial charge in [0.1, 0.15) is 0 Å². The molecule has 0 bridgehead atoms. The van der Waals surface area contributed by atoms with Crippen LogP contribution in [0.25, 0.3) is 0 Å². The SMILES string of the molecule is C[C@@H]1[C@H](C)N(C(=O)Cc2ccc(C(F)(F)F)cc2)CCS1(=O)=O. The van der Waals surface area contributed by atoms with Crippen LogP contribution in [0.15, 0.2) is 24.3 Å². The predicted octanol–water partition coefficient (Wildman–Crippen LogP) is 2.28. The summed E-state index contributed by atoms with van der Waals surface area (Å²) < 4.78 is 61.1. The van der Waals surface area contributed by atoms with Crippen molar-refractivity contribution in [1.29, 1.82) is 0 Å². The second-order valence-corrected chi connectivity index (χ2v) is 8.25. The minimum Gasteiger partial charge on any atom is -0.337 e. The zero-order valence-electron chi connectivity index (χ0n) is 12.8. The van der Waals surface area contributed by atoms with Crippen LogP contribution in [0.1, 0.15) is 25.0 Å². The molecule has 128 valence electrons. The molecule has 0 spiro atoms. The summed E-state index contributed by atoms with van der Waals surface area (Å²) in [6.45, 7) is 3.36. The van der Waals surface area contributed by atoms with E-state index in [1.807, 2.05) is 0 Å². The van der Waals surface area contributed by atoms with E-state index in [4.69, 9.17) is 0 Å². The number of halogens is 3. The first-order valence-electron chi connectivity index (χ1n) is 7.19. The monoisotopic (exact) mass is 349 g/mol. The summed E-state index contributed by atoms with van der Waals surface area (Å²) in [6, 6.07) is 3.98. The standard InChI is InChI=1S/C15H18F3NO3S/c1-10-11(2)23(21,22)8-7-19(10)14(20)9-12-3-5-13(6-4-12)15(16,17)18/h3-6,10-11H,7-9H2,1-2H3/t10-,11+/m0/s1. The first-order valence-corrected chi connectivity index (χ1v) is 8.91. The summed E-state index contributed by atoms with van der Waals surface area (Å²) in [6.07, 6.45) is -4.46. The van der Waals surface area contributed by atoms with Crippen molar-refractivity contribution in [3.63, 3.8) is 0 Å². The zero-order chi connectivity index (χ0) is 17.4. The van der Waals surface area contributed by atoms with E-state index in [1.165, 1.54) is 17.0 Å². The number of hydrogen-bond acceptors (Lipinski definition) is 3. The van der Waals surface area contributed by atoms with Crippen molar-refractivity contribution in [1.82, 2.24) is 4.90 Å². The van der Waals surface area contributed by atoms with E-state index in [9.17, 15) is 26.4 Å². The van der Waals surface area contributed by atoms with Crippen LogP contribution < -0.4 is 0 Å². The van der Waals surface area contributed by atoms with Crippen LogP contribution in [0.3, 0.4) is 0 Å². The van der Waals surface area contributed by atoms with Crippen molar-refractivity contribution in [2.75, 3.05) is 12.3 Å². The van der Waals surface area contributed by atoms with Gasteiger partial charge in [0.05, 0.1) is 23.0 Å². The molecule has 0 N–H and O–H groups in total. The van der Waals surface area contributed by atoms with Crippen molar-refractivity contribution in [2.24, 2.45) is 0 Å². The van der Waals surface area contributed by atoms with Gasteiger partial charge in [-0.3, -0.25) is 4.79 Å². The van der Waals surface area contributed by atoms with Crippen molar-refractivity contribution in [2.45, 2.75) is 37.7 Å². The zero-order valence-corrected chi connectivity index (χ0v) is 13.6. The second-order valence-electron chi connectivity index (χ2n) is 5.77. The topological polar surface area (TPSA) is 54.5 Å². The van der Waals surface area contributed by atoms with Gasteiger partial charge in [0.15, 0.2) is 9.84 Å². The number of hydrogen-bond donors (Lipinski definition) is 0. The number of rotatable bonds is 2. The maximum Gasteiger partial charge on any atom is 0.416 e. The Kier molecular flexibility index (Phi) is 4.75. The lowest BCUT2D eigenvalue weighted by Crippen LogP contribution is -2.54. The third-order valence-corrected chi connectivity index (χ3v) is 6.59. The van der Waals surface area contributed by atoms with Crippen LogP contribution in [-0.2, 0) is 27.2 Å². The average Bonchev–Trinajstić information content (AvgIpc) is 2.44. The highest BCUT2D eigenvalue weighted by Gasteiger charge is 2.37. The van der Waals surface area contributed by atoms with E-state index >= 15 is 0 Å². The Morgan fingerprint density at radius 1 is 1.22 bits per heavy atom. The maximum absolute atomic E-state index is 12.5. The van der Waals surface area contributed by atoms with Gasteiger partial charge in [0.2, 0.25) is 5.91 Å². The lowest BCUT2D eigenvalue weighted by Gasteiger charge is -2.37. The lowest BCUT2D eigenvalue weighted by atomic mass is 10.1. The molecule has 1 aromatic rings. The Labute approximate surface area is 133 Å². The molecule has 0 aromatic heterocycles. The highest BCUT2D eigenvalue weighted by molar-refractivity contribution is 7.92. The van der Waals surface area contributed by atoms with Crippen molar-refractivity contribution < 1.29 is 26.4 Å². The highest BCUT2D eigenvalue weighted by Crippen LogP contribution is 2.29. The Hall–Kier alpha value is -1.57. The summed E-state index contributed by atoms with van der Waals surface area (Å²) in [5.41, 5.74) is -0.295. The summed E-state index contributed by atoms with van der Waals surface area (Å²) in [5.74, 6) is -0.365. The van der Waals surface area contributed by atoms with Gasteiger partial charge in [-0.15, -0.1) is 0 Å². The molecule has 1 fully saturated rings. The Balaban J connectivity index is 2.08. The average molecular weight is 349 g/mol. The van der Waals surface area contributed by atoms with E-state index in [2.05, 4.69) is 0 Å². The minimum atomic E-state index is -4.41.